The van der Waals surface area contributed by atoms with Gasteiger partial charge in [-0.15, -0.1) is 0 Å². The fraction of sp³-hybridized carbons (Fsp3) is 0.294. The maximum atomic E-state index is 13.1. The number of rotatable bonds is 5. The number of phenols is 1. The third-order valence-electron chi connectivity index (χ3n) is 3.43. The summed E-state index contributed by atoms with van der Waals surface area (Å²) in [6.45, 7) is 5.87. The number of halogens is 1. The predicted octanol–water partition coefficient (Wildman–Crippen LogP) is 4.21. The Morgan fingerprint density at radius 2 is 1.83 bits per heavy atom. The number of nitrogens with zero attached hydrogens (tertiary/aromatic N) is 1. The van der Waals surface area contributed by atoms with Crippen molar-refractivity contribution in [2.75, 3.05) is 10.8 Å². The normalized spacial score (nSPS) is 11.7. The first kappa shape index (κ1) is 17.6. The fourth-order valence-electron chi connectivity index (χ4n) is 2.31. The molecule has 0 spiro atoms. The van der Waals surface area contributed by atoms with E-state index in [-0.39, 0.29) is 16.6 Å². The summed E-state index contributed by atoms with van der Waals surface area (Å²) in [6.07, 6.45) is 0. The van der Waals surface area contributed by atoms with E-state index in [1.54, 1.807) is 37.3 Å². The molecule has 0 aliphatic carbocycles. The van der Waals surface area contributed by atoms with Crippen molar-refractivity contribution in [2.24, 2.45) is 5.92 Å². The lowest BCUT2D eigenvalue weighted by atomic mass is 10.2. The Bertz CT molecular complexity index is 803. The van der Waals surface area contributed by atoms with E-state index in [2.05, 4.69) is 0 Å². The van der Waals surface area contributed by atoms with Gasteiger partial charge < -0.3 is 5.11 Å². The van der Waals surface area contributed by atoms with Crippen LogP contribution in [0.25, 0.3) is 0 Å². The van der Waals surface area contributed by atoms with Gasteiger partial charge in [-0.05, 0) is 42.7 Å². The van der Waals surface area contributed by atoms with Crippen LogP contribution in [-0.4, -0.2) is 20.1 Å². The summed E-state index contributed by atoms with van der Waals surface area (Å²) in [4.78, 5) is 0.175. The smallest absolute Gasteiger partial charge is 0.264 e. The Morgan fingerprint density at radius 3 is 2.43 bits per heavy atom. The maximum Gasteiger partial charge on any atom is 0.264 e. The van der Waals surface area contributed by atoms with Crippen LogP contribution < -0.4 is 4.31 Å². The molecule has 0 unspecified atom stereocenters. The minimum atomic E-state index is -3.78. The SMILES string of the molecule is Cc1c(Cl)cccc1S(=O)(=O)N(CC(C)C)c1cccc(O)c1. The molecule has 0 heterocycles. The van der Waals surface area contributed by atoms with Gasteiger partial charge in [-0.3, -0.25) is 4.31 Å². The first-order valence-electron chi connectivity index (χ1n) is 7.30. The Balaban J connectivity index is 2.60. The van der Waals surface area contributed by atoms with E-state index in [9.17, 15) is 13.5 Å². The van der Waals surface area contributed by atoms with Crippen LogP contribution in [0.3, 0.4) is 0 Å². The molecular weight excluding hydrogens is 334 g/mol. The van der Waals surface area contributed by atoms with Gasteiger partial charge in [-0.1, -0.05) is 37.6 Å². The van der Waals surface area contributed by atoms with Crippen molar-refractivity contribution >= 4 is 27.3 Å². The van der Waals surface area contributed by atoms with E-state index in [0.717, 1.165) is 0 Å². The van der Waals surface area contributed by atoms with Crippen molar-refractivity contribution in [1.82, 2.24) is 0 Å². The second kappa shape index (κ2) is 6.81. The Morgan fingerprint density at radius 1 is 1.17 bits per heavy atom. The van der Waals surface area contributed by atoms with Gasteiger partial charge in [0, 0.05) is 17.6 Å². The molecule has 2 rings (SSSR count). The molecule has 0 saturated heterocycles. The van der Waals surface area contributed by atoms with Gasteiger partial charge in [0.2, 0.25) is 0 Å². The topological polar surface area (TPSA) is 57.6 Å². The molecule has 2 aromatic rings. The number of benzene rings is 2. The van der Waals surface area contributed by atoms with E-state index >= 15 is 0 Å². The molecule has 0 radical (unpaired) electrons. The summed E-state index contributed by atoms with van der Waals surface area (Å²) in [5.41, 5.74) is 0.946. The molecule has 0 aromatic heterocycles. The van der Waals surface area contributed by atoms with Gasteiger partial charge in [0.25, 0.3) is 10.0 Å². The van der Waals surface area contributed by atoms with Gasteiger partial charge in [0.1, 0.15) is 5.75 Å². The molecule has 4 nitrogen and oxygen atoms in total. The number of phenolic OH excluding ortho intramolecular Hbond substituents is 1. The number of anilines is 1. The number of hydrogen-bond donors (Lipinski definition) is 1. The summed E-state index contributed by atoms with van der Waals surface area (Å²) in [6, 6.07) is 11.1. The lowest BCUT2D eigenvalue weighted by molar-refractivity contribution is 0.475. The minimum Gasteiger partial charge on any atom is -0.508 e. The third-order valence-corrected chi connectivity index (χ3v) is 5.78. The molecule has 0 bridgehead atoms. The highest BCUT2D eigenvalue weighted by Gasteiger charge is 2.28. The van der Waals surface area contributed by atoms with Gasteiger partial charge in [0.05, 0.1) is 10.6 Å². The molecular formula is C17H20ClNO3S. The van der Waals surface area contributed by atoms with Crippen molar-refractivity contribution in [2.45, 2.75) is 25.7 Å². The van der Waals surface area contributed by atoms with Crippen LogP contribution in [0.5, 0.6) is 5.75 Å². The first-order chi connectivity index (χ1) is 10.7. The summed E-state index contributed by atoms with van der Waals surface area (Å²) in [7, 11) is -3.78. The molecule has 23 heavy (non-hydrogen) atoms. The van der Waals surface area contributed by atoms with Gasteiger partial charge in [0.15, 0.2) is 0 Å². The molecule has 0 saturated carbocycles. The molecule has 124 valence electrons. The van der Waals surface area contributed by atoms with Crippen molar-refractivity contribution in [3.05, 3.63) is 53.1 Å². The highest BCUT2D eigenvalue weighted by atomic mass is 35.5. The first-order valence-corrected chi connectivity index (χ1v) is 9.12. The molecule has 0 aliphatic rings. The van der Waals surface area contributed by atoms with E-state index in [0.29, 0.717) is 22.8 Å². The van der Waals surface area contributed by atoms with Gasteiger partial charge >= 0.3 is 0 Å². The Kier molecular flexibility index (Phi) is 5.22. The van der Waals surface area contributed by atoms with E-state index in [4.69, 9.17) is 11.6 Å². The molecule has 6 heteroatoms. The average molecular weight is 354 g/mol. The minimum absolute atomic E-state index is 0.0225. The number of hydrogen-bond acceptors (Lipinski definition) is 3. The average Bonchev–Trinajstić information content (AvgIpc) is 2.47. The molecule has 0 amide bonds. The van der Waals surface area contributed by atoms with Crippen LogP contribution in [0.4, 0.5) is 5.69 Å². The zero-order valence-corrected chi connectivity index (χ0v) is 14.9. The number of aromatic hydroxyl groups is 1. The fourth-order valence-corrected chi connectivity index (χ4v) is 4.41. The highest BCUT2D eigenvalue weighted by Crippen LogP contribution is 2.30. The van der Waals surface area contributed by atoms with Crippen molar-refractivity contribution in [3.8, 4) is 5.75 Å². The van der Waals surface area contributed by atoms with Gasteiger partial charge in [-0.25, -0.2) is 8.42 Å². The quantitative estimate of drug-likeness (QED) is 0.876. The Labute approximate surface area is 142 Å². The molecule has 0 fully saturated rings. The summed E-state index contributed by atoms with van der Waals surface area (Å²) < 4.78 is 27.6. The van der Waals surface area contributed by atoms with Crippen LogP contribution in [0.15, 0.2) is 47.4 Å². The van der Waals surface area contributed by atoms with E-state index < -0.39 is 10.0 Å². The highest BCUT2D eigenvalue weighted by molar-refractivity contribution is 7.92. The summed E-state index contributed by atoms with van der Waals surface area (Å²) in [5, 5.41) is 10.1. The third kappa shape index (κ3) is 3.79. The Hall–Kier alpha value is -1.72. The second-order valence-electron chi connectivity index (χ2n) is 5.81. The van der Waals surface area contributed by atoms with Crippen LogP contribution in [-0.2, 0) is 10.0 Å². The number of sulfonamides is 1. The van der Waals surface area contributed by atoms with Crippen LogP contribution in [0.2, 0.25) is 5.02 Å². The monoisotopic (exact) mass is 353 g/mol. The standard InChI is InChI=1S/C17H20ClNO3S/c1-12(2)11-19(14-6-4-7-15(20)10-14)23(21,22)17-9-5-8-16(18)13(17)3/h4-10,12,20H,11H2,1-3H3. The van der Waals surface area contributed by atoms with Gasteiger partial charge in [-0.2, -0.15) is 0 Å². The van der Waals surface area contributed by atoms with Crippen LogP contribution >= 0.6 is 11.6 Å². The van der Waals surface area contributed by atoms with Crippen molar-refractivity contribution in [1.29, 1.82) is 0 Å². The van der Waals surface area contributed by atoms with Crippen molar-refractivity contribution in [3.63, 3.8) is 0 Å². The second-order valence-corrected chi connectivity index (χ2v) is 8.05. The van der Waals surface area contributed by atoms with E-state index in [1.807, 2.05) is 13.8 Å². The largest absolute Gasteiger partial charge is 0.508 e. The van der Waals surface area contributed by atoms with E-state index in [1.165, 1.54) is 16.4 Å². The predicted molar refractivity (Wildman–Crippen MR) is 93.7 cm³/mol. The van der Waals surface area contributed by atoms with Crippen molar-refractivity contribution < 1.29 is 13.5 Å². The zero-order valence-electron chi connectivity index (χ0n) is 13.3. The summed E-state index contributed by atoms with van der Waals surface area (Å²) in [5.74, 6) is 0.140. The lowest BCUT2D eigenvalue weighted by Gasteiger charge is -2.27. The molecule has 0 atom stereocenters. The van der Waals surface area contributed by atoms with Crippen LogP contribution in [0.1, 0.15) is 19.4 Å². The molecule has 1 N–H and O–H groups in total. The maximum absolute atomic E-state index is 13.1. The molecule has 2 aromatic carbocycles. The summed E-state index contributed by atoms with van der Waals surface area (Å²) >= 11 is 6.08. The molecule has 0 aliphatic heterocycles. The lowest BCUT2D eigenvalue weighted by Crippen LogP contribution is -2.34. The zero-order chi connectivity index (χ0) is 17.2. The van der Waals surface area contributed by atoms with Crippen LogP contribution in [0, 0.1) is 12.8 Å².